The first-order valence-corrected chi connectivity index (χ1v) is 5.36. The first-order valence-electron chi connectivity index (χ1n) is 5.36. The van der Waals surface area contributed by atoms with Crippen LogP contribution in [-0.4, -0.2) is 34.4 Å². The van der Waals surface area contributed by atoms with Gasteiger partial charge in [-0.25, -0.2) is 4.79 Å². The Bertz CT molecular complexity index is 405. The molecule has 3 atom stereocenters. The van der Waals surface area contributed by atoms with E-state index in [9.17, 15) is 4.79 Å². The Labute approximate surface area is 97.7 Å². The molecule has 17 heavy (non-hydrogen) atoms. The molecule has 1 aliphatic heterocycles. The van der Waals surface area contributed by atoms with E-state index in [0.717, 1.165) is 0 Å². The van der Waals surface area contributed by atoms with Gasteiger partial charge in [-0.2, -0.15) is 4.98 Å². The number of ether oxygens (including phenoxy) is 2. The summed E-state index contributed by atoms with van der Waals surface area (Å²) in [4.78, 5) is 14.9. The average Bonchev–Trinajstić information content (AvgIpc) is 2.95. The Morgan fingerprint density at radius 2 is 2.35 bits per heavy atom. The maximum absolute atomic E-state index is 10.7. The topological polar surface area (TPSA) is 94.7 Å². The molecular formula is C10H14N2O5. The quantitative estimate of drug-likeness (QED) is 0.844. The highest BCUT2D eigenvalue weighted by Crippen LogP contribution is 2.32. The molecule has 0 radical (unpaired) electrons. The number of carboxylic acids is 1. The van der Waals surface area contributed by atoms with Crippen molar-refractivity contribution in [2.24, 2.45) is 0 Å². The number of hydrogen-bond donors (Lipinski definition) is 1. The molecule has 0 aliphatic carbocycles. The van der Waals surface area contributed by atoms with Crippen molar-refractivity contribution in [1.29, 1.82) is 0 Å². The smallest absolute Gasteiger partial charge is 0.332 e. The average molecular weight is 242 g/mol. The van der Waals surface area contributed by atoms with Gasteiger partial charge in [0.15, 0.2) is 11.9 Å². The lowest BCUT2D eigenvalue weighted by Gasteiger charge is -2.06. The van der Waals surface area contributed by atoms with Gasteiger partial charge in [-0.15, -0.1) is 0 Å². The number of hydrogen-bond acceptors (Lipinski definition) is 6. The van der Waals surface area contributed by atoms with Crippen molar-refractivity contribution >= 4 is 5.97 Å². The summed E-state index contributed by atoms with van der Waals surface area (Å²) in [7, 11) is 1.55. The van der Waals surface area contributed by atoms with Gasteiger partial charge in [0.25, 0.3) is 5.89 Å². The highest BCUT2D eigenvalue weighted by atomic mass is 16.6. The zero-order valence-corrected chi connectivity index (χ0v) is 9.62. The SMILES string of the molecule is COC(C)c1noc(C2CCC(C(=O)O)O2)n1. The van der Waals surface area contributed by atoms with Crippen LogP contribution in [0.3, 0.4) is 0 Å². The zero-order chi connectivity index (χ0) is 12.4. The predicted octanol–water partition coefficient (Wildman–Crippen LogP) is 1.08. The second-order valence-electron chi connectivity index (χ2n) is 3.90. The number of aromatic nitrogens is 2. The van der Waals surface area contributed by atoms with Crippen LogP contribution in [0.4, 0.5) is 0 Å². The Kier molecular flexibility index (Phi) is 3.39. The molecular weight excluding hydrogens is 228 g/mol. The van der Waals surface area contributed by atoms with Gasteiger partial charge in [0, 0.05) is 7.11 Å². The van der Waals surface area contributed by atoms with Crippen LogP contribution < -0.4 is 0 Å². The lowest BCUT2D eigenvalue weighted by atomic mass is 10.2. The van der Waals surface area contributed by atoms with E-state index in [2.05, 4.69) is 10.1 Å². The van der Waals surface area contributed by atoms with Gasteiger partial charge in [-0.05, 0) is 19.8 Å². The molecule has 2 rings (SSSR count). The molecule has 94 valence electrons. The summed E-state index contributed by atoms with van der Waals surface area (Å²) in [6, 6.07) is 0. The van der Waals surface area contributed by atoms with Gasteiger partial charge in [0.05, 0.1) is 0 Å². The summed E-state index contributed by atoms with van der Waals surface area (Å²) in [6.45, 7) is 1.80. The number of methoxy groups -OCH3 is 1. The fraction of sp³-hybridized carbons (Fsp3) is 0.700. The molecule has 2 heterocycles. The van der Waals surface area contributed by atoms with E-state index in [1.54, 1.807) is 14.0 Å². The van der Waals surface area contributed by atoms with Crippen LogP contribution in [0.1, 0.15) is 43.7 Å². The summed E-state index contributed by atoms with van der Waals surface area (Å²) in [5.74, 6) is -0.213. The molecule has 0 spiro atoms. The summed E-state index contributed by atoms with van der Waals surface area (Å²) in [5.41, 5.74) is 0. The first-order chi connectivity index (χ1) is 8.11. The Hall–Kier alpha value is -1.47. The molecule has 1 aliphatic rings. The van der Waals surface area contributed by atoms with Crippen molar-refractivity contribution in [1.82, 2.24) is 10.1 Å². The minimum Gasteiger partial charge on any atom is -0.479 e. The van der Waals surface area contributed by atoms with Crippen molar-refractivity contribution in [2.75, 3.05) is 7.11 Å². The van der Waals surface area contributed by atoms with E-state index in [1.807, 2.05) is 0 Å². The summed E-state index contributed by atoms with van der Waals surface area (Å²) >= 11 is 0. The standard InChI is InChI=1S/C10H14N2O5/c1-5(15-2)8-11-9(17-12-8)6-3-4-7(16-6)10(13)14/h5-7H,3-4H2,1-2H3,(H,13,14). The van der Waals surface area contributed by atoms with Crippen molar-refractivity contribution in [3.63, 3.8) is 0 Å². The van der Waals surface area contributed by atoms with Crippen LogP contribution in [0.15, 0.2) is 4.52 Å². The minimum absolute atomic E-state index is 0.260. The molecule has 3 unspecified atom stereocenters. The molecule has 7 heteroatoms. The maximum Gasteiger partial charge on any atom is 0.332 e. The second kappa shape index (κ2) is 4.80. The number of carboxylic acid groups (broad SMARTS) is 1. The van der Waals surface area contributed by atoms with Gasteiger partial charge < -0.3 is 19.1 Å². The predicted molar refractivity (Wildman–Crippen MR) is 54.2 cm³/mol. The van der Waals surface area contributed by atoms with E-state index in [0.29, 0.717) is 24.6 Å². The number of carbonyl (C=O) groups is 1. The molecule has 0 aromatic carbocycles. The van der Waals surface area contributed by atoms with Crippen LogP contribution >= 0.6 is 0 Å². The molecule has 1 aromatic heterocycles. The fourth-order valence-electron chi connectivity index (χ4n) is 1.65. The summed E-state index contributed by atoms with van der Waals surface area (Å²) in [6.07, 6.45) is -0.446. The van der Waals surface area contributed by atoms with Gasteiger partial charge >= 0.3 is 5.97 Å². The van der Waals surface area contributed by atoms with Crippen LogP contribution in [0, 0.1) is 0 Å². The van der Waals surface area contributed by atoms with Crippen LogP contribution in [0.25, 0.3) is 0 Å². The zero-order valence-electron chi connectivity index (χ0n) is 9.62. The molecule has 1 fully saturated rings. The maximum atomic E-state index is 10.7. The van der Waals surface area contributed by atoms with Gasteiger partial charge in [0.2, 0.25) is 0 Å². The lowest BCUT2D eigenvalue weighted by molar-refractivity contribution is -0.150. The molecule has 1 N–H and O–H groups in total. The van der Waals surface area contributed by atoms with Crippen molar-refractivity contribution in [3.8, 4) is 0 Å². The lowest BCUT2D eigenvalue weighted by Crippen LogP contribution is -2.18. The summed E-state index contributed by atoms with van der Waals surface area (Å²) < 4.78 is 15.4. The Morgan fingerprint density at radius 3 is 2.94 bits per heavy atom. The van der Waals surface area contributed by atoms with Crippen molar-refractivity contribution in [3.05, 3.63) is 11.7 Å². The number of rotatable bonds is 4. The molecule has 7 nitrogen and oxygen atoms in total. The van der Waals surface area contributed by atoms with Gasteiger partial charge in [-0.3, -0.25) is 0 Å². The van der Waals surface area contributed by atoms with Crippen LogP contribution in [0.5, 0.6) is 0 Å². The third kappa shape index (κ3) is 2.45. The van der Waals surface area contributed by atoms with Gasteiger partial charge in [0.1, 0.15) is 12.2 Å². The fourth-order valence-corrected chi connectivity index (χ4v) is 1.65. The normalized spacial score (nSPS) is 26.0. The van der Waals surface area contributed by atoms with Gasteiger partial charge in [-0.1, -0.05) is 5.16 Å². The highest BCUT2D eigenvalue weighted by molar-refractivity contribution is 5.72. The Balaban J connectivity index is 2.04. The van der Waals surface area contributed by atoms with Crippen LogP contribution in [-0.2, 0) is 14.3 Å². The highest BCUT2D eigenvalue weighted by Gasteiger charge is 2.34. The van der Waals surface area contributed by atoms with E-state index < -0.39 is 18.2 Å². The van der Waals surface area contributed by atoms with E-state index in [1.165, 1.54) is 0 Å². The molecule has 0 amide bonds. The minimum atomic E-state index is -0.961. The van der Waals surface area contributed by atoms with Crippen LogP contribution in [0.2, 0.25) is 0 Å². The second-order valence-corrected chi connectivity index (χ2v) is 3.90. The monoisotopic (exact) mass is 242 g/mol. The first kappa shape index (κ1) is 12.0. The summed E-state index contributed by atoms with van der Waals surface area (Å²) in [5, 5.41) is 12.6. The molecule has 0 saturated carbocycles. The van der Waals surface area contributed by atoms with Crippen molar-refractivity contribution < 1.29 is 23.9 Å². The van der Waals surface area contributed by atoms with E-state index in [-0.39, 0.29) is 6.10 Å². The van der Waals surface area contributed by atoms with E-state index >= 15 is 0 Å². The molecule has 1 aromatic rings. The van der Waals surface area contributed by atoms with E-state index in [4.69, 9.17) is 19.1 Å². The Morgan fingerprint density at radius 1 is 1.59 bits per heavy atom. The largest absolute Gasteiger partial charge is 0.479 e. The number of nitrogens with zero attached hydrogens (tertiary/aromatic N) is 2. The van der Waals surface area contributed by atoms with Crippen molar-refractivity contribution in [2.45, 2.75) is 38.1 Å². The third-order valence-electron chi connectivity index (χ3n) is 2.75. The molecule has 1 saturated heterocycles. The third-order valence-corrected chi connectivity index (χ3v) is 2.75. The molecule has 0 bridgehead atoms. The number of aliphatic carboxylic acids is 1.